The number of rotatable bonds is 6. The first-order chi connectivity index (χ1) is 9.93. The highest BCUT2D eigenvalue weighted by molar-refractivity contribution is 5.87. The average molecular weight is 297 g/mol. The molecule has 0 heterocycles. The number of carbonyl (C=O) groups excluding carboxylic acids is 1. The molecule has 1 amide bonds. The van der Waals surface area contributed by atoms with Gasteiger partial charge in [0, 0.05) is 5.92 Å². The lowest BCUT2D eigenvalue weighted by atomic mass is 10.1. The minimum atomic E-state index is -1.08. The number of carboxylic acids is 1. The van der Waals surface area contributed by atoms with Crippen LogP contribution in [0.1, 0.15) is 37.7 Å². The number of carbonyl (C=O) groups is 2. The Kier molecular flexibility index (Phi) is 4.55. The van der Waals surface area contributed by atoms with Crippen LogP contribution < -0.4 is 5.32 Å². The van der Waals surface area contributed by atoms with E-state index in [1.165, 1.54) is 0 Å². The van der Waals surface area contributed by atoms with Gasteiger partial charge >= 0.3 is 5.97 Å². The molecule has 3 atom stereocenters. The molecule has 1 aliphatic carbocycles. The van der Waals surface area contributed by atoms with E-state index in [-0.39, 0.29) is 11.5 Å². The molecule has 0 saturated heterocycles. The van der Waals surface area contributed by atoms with Crippen molar-refractivity contribution in [3.63, 3.8) is 0 Å². The van der Waals surface area contributed by atoms with Crippen molar-refractivity contribution in [2.75, 3.05) is 0 Å². The zero-order chi connectivity index (χ0) is 15.6. The second kappa shape index (κ2) is 6.20. The summed E-state index contributed by atoms with van der Waals surface area (Å²) in [4.78, 5) is 23.0. The summed E-state index contributed by atoms with van der Waals surface area (Å²) in [5, 5.41) is 11.5. The summed E-state index contributed by atoms with van der Waals surface area (Å²) in [6, 6.07) is 2.22. The molecule has 1 saturated carbocycles. The van der Waals surface area contributed by atoms with Crippen LogP contribution in [0, 0.1) is 17.6 Å². The summed E-state index contributed by atoms with van der Waals surface area (Å²) in [5.41, 5.74) is 0.178. The number of halogens is 2. The molecule has 0 spiro atoms. The summed E-state index contributed by atoms with van der Waals surface area (Å²) in [7, 11) is 0. The van der Waals surface area contributed by atoms with Crippen molar-refractivity contribution in [2.24, 2.45) is 5.92 Å². The molecule has 2 rings (SSSR count). The van der Waals surface area contributed by atoms with Crippen molar-refractivity contribution in [1.82, 2.24) is 5.32 Å². The first-order valence-electron chi connectivity index (χ1n) is 6.92. The number of carboxylic acid groups (broad SMARTS) is 1. The molecular formula is C15H17F2NO3. The van der Waals surface area contributed by atoms with Crippen LogP contribution in [0.25, 0.3) is 0 Å². The van der Waals surface area contributed by atoms with E-state index in [0.717, 1.165) is 18.2 Å². The molecule has 0 aliphatic heterocycles. The van der Waals surface area contributed by atoms with Crippen molar-refractivity contribution in [3.8, 4) is 0 Å². The molecule has 1 aliphatic rings. The summed E-state index contributed by atoms with van der Waals surface area (Å²) in [5.74, 6) is -3.45. The van der Waals surface area contributed by atoms with Crippen LogP contribution in [0.15, 0.2) is 18.2 Å². The van der Waals surface area contributed by atoms with Crippen LogP contribution in [-0.2, 0) is 9.59 Å². The fourth-order valence-corrected chi connectivity index (χ4v) is 2.45. The lowest BCUT2D eigenvalue weighted by Crippen LogP contribution is -2.41. The van der Waals surface area contributed by atoms with Crippen molar-refractivity contribution >= 4 is 11.9 Å². The van der Waals surface area contributed by atoms with Crippen molar-refractivity contribution in [1.29, 1.82) is 0 Å². The largest absolute Gasteiger partial charge is 0.480 e. The Morgan fingerprint density at radius 1 is 1.43 bits per heavy atom. The fourth-order valence-electron chi connectivity index (χ4n) is 2.45. The van der Waals surface area contributed by atoms with E-state index in [2.05, 4.69) is 5.32 Å². The Hall–Kier alpha value is -1.98. The lowest BCUT2D eigenvalue weighted by molar-refractivity contribution is -0.142. The van der Waals surface area contributed by atoms with Gasteiger partial charge in [-0.2, -0.15) is 0 Å². The Balaban J connectivity index is 2.00. The van der Waals surface area contributed by atoms with E-state index < -0.39 is 35.5 Å². The minimum absolute atomic E-state index is 0.178. The highest BCUT2D eigenvalue weighted by Crippen LogP contribution is 2.48. The number of hydrogen-bond donors (Lipinski definition) is 2. The second-order valence-electron chi connectivity index (χ2n) is 5.30. The molecule has 4 nitrogen and oxygen atoms in total. The van der Waals surface area contributed by atoms with Gasteiger partial charge in [-0.25, -0.2) is 13.6 Å². The maximum atomic E-state index is 13.6. The average Bonchev–Trinajstić information content (AvgIpc) is 3.21. The standard InChI is InChI=1S/C15H17F2NO3/c1-2-3-13(15(20)21)18-14(19)11-7-9(11)10-6-8(16)4-5-12(10)17/h4-6,9,11,13H,2-3,7H2,1H3,(H,18,19)(H,20,21). The van der Waals surface area contributed by atoms with E-state index in [9.17, 15) is 18.4 Å². The molecule has 114 valence electrons. The van der Waals surface area contributed by atoms with Gasteiger partial charge in [0.1, 0.15) is 17.7 Å². The zero-order valence-electron chi connectivity index (χ0n) is 11.6. The number of aliphatic carboxylic acids is 1. The van der Waals surface area contributed by atoms with Crippen molar-refractivity contribution in [3.05, 3.63) is 35.4 Å². The minimum Gasteiger partial charge on any atom is -0.480 e. The third kappa shape index (κ3) is 3.56. The summed E-state index contributed by atoms with van der Waals surface area (Å²) >= 11 is 0. The third-order valence-electron chi connectivity index (χ3n) is 3.68. The van der Waals surface area contributed by atoms with Gasteiger partial charge in [-0.3, -0.25) is 4.79 Å². The van der Waals surface area contributed by atoms with Crippen LogP contribution in [0.4, 0.5) is 8.78 Å². The monoisotopic (exact) mass is 297 g/mol. The summed E-state index contributed by atoms with van der Waals surface area (Å²) in [6.07, 6.45) is 1.38. The molecular weight excluding hydrogens is 280 g/mol. The predicted octanol–water partition coefficient (Wildman–Crippen LogP) is 2.44. The van der Waals surface area contributed by atoms with E-state index in [1.807, 2.05) is 6.92 Å². The topological polar surface area (TPSA) is 66.4 Å². The number of nitrogens with one attached hydrogen (secondary N) is 1. The van der Waals surface area contributed by atoms with Crippen molar-refractivity contribution in [2.45, 2.75) is 38.1 Å². The van der Waals surface area contributed by atoms with E-state index >= 15 is 0 Å². The van der Waals surface area contributed by atoms with Gasteiger partial charge < -0.3 is 10.4 Å². The maximum Gasteiger partial charge on any atom is 0.326 e. The molecule has 3 unspecified atom stereocenters. The smallest absolute Gasteiger partial charge is 0.326 e. The van der Waals surface area contributed by atoms with Crippen LogP contribution >= 0.6 is 0 Å². The van der Waals surface area contributed by atoms with Crippen LogP contribution in [-0.4, -0.2) is 23.0 Å². The second-order valence-corrected chi connectivity index (χ2v) is 5.30. The van der Waals surface area contributed by atoms with Crippen LogP contribution in [0.3, 0.4) is 0 Å². The Bertz CT molecular complexity index is 562. The lowest BCUT2D eigenvalue weighted by Gasteiger charge is -2.13. The number of amides is 1. The third-order valence-corrected chi connectivity index (χ3v) is 3.68. The molecule has 0 bridgehead atoms. The number of hydrogen-bond acceptors (Lipinski definition) is 2. The number of benzene rings is 1. The predicted molar refractivity (Wildman–Crippen MR) is 71.7 cm³/mol. The first kappa shape index (κ1) is 15.4. The van der Waals surface area contributed by atoms with Crippen molar-refractivity contribution < 1.29 is 23.5 Å². The molecule has 21 heavy (non-hydrogen) atoms. The fraction of sp³-hybridized carbons (Fsp3) is 0.467. The molecule has 0 radical (unpaired) electrons. The maximum absolute atomic E-state index is 13.6. The van der Waals surface area contributed by atoms with Gasteiger partial charge in [0.2, 0.25) is 5.91 Å². The highest BCUT2D eigenvalue weighted by atomic mass is 19.1. The van der Waals surface area contributed by atoms with Crippen LogP contribution in [0.5, 0.6) is 0 Å². The van der Waals surface area contributed by atoms with Gasteiger partial charge in [-0.15, -0.1) is 0 Å². The first-order valence-corrected chi connectivity index (χ1v) is 6.92. The molecule has 6 heteroatoms. The molecule has 1 fully saturated rings. The van der Waals surface area contributed by atoms with Gasteiger partial charge in [-0.1, -0.05) is 13.3 Å². The van der Waals surface area contributed by atoms with Gasteiger partial charge in [0.05, 0.1) is 0 Å². The Morgan fingerprint density at radius 2 is 2.14 bits per heavy atom. The molecule has 2 N–H and O–H groups in total. The normalized spacial score (nSPS) is 21.7. The molecule has 1 aromatic rings. The van der Waals surface area contributed by atoms with Gasteiger partial charge in [-0.05, 0) is 42.5 Å². The summed E-state index contributed by atoms with van der Waals surface area (Å²) < 4.78 is 26.8. The van der Waals surface area contributed by atoms with Gasteiger partial charge in [0.15, 0.2) is 0 Å². The molecule has 1 aromatic carbocycles. The van der Waals surface area contributed by atoms with E-state index in [1.54, 1.807) is 0 Å². The summed E-state index contributed by atoms with van der Waals surface area (Å²) in [6.45, 7) is 1.82. The zero-order valence-corrected chi connectivity index (χ0v) is 11.6. The van der Waals surface area contributed by atoms with E-state index in [4.69, 9.17) is 5.11 Å². The SMILES string of the molecule is CCCC(NC(=O)C1CC1c1cc(F)ccc1F)C(=O)O. The van der Waals surface area contributed by atoms with Gasteiger partial charge in [0.25, 0.3) is 0 Å². The quantitative estimate of drug-likeness (QED) is 0.847. The van der Waals surface area contributed by atoms with E-state index in [0.29, 0.717) is 19.3 Å². The molecule has 0 aromatic heterocycles. The highest BCUT2D eigenvalue weighted by Gasteiger charge is 2.46. The Morgan fingerprint density at radius 3 is 2.76 bits per heavy atom. The Labute approximate surface area is 121 Å². The van der Waals surface area contributed by atoms with Crippen LogP contribution in [0.2, 0.25) is 0 Å².